The molecule has 0 radical (unpaired) electrons. The Kier molecular flexibility index (Phi) is 10.4. The van der Waals surface area contributed by atoms with E-state index in [-0.39, 0.29) is 12.3 Å². The van der Waals surface area contributed by atoms with E-state index in [9.17, 15) is 34.5 Å². The lowest BCUT2D eigenvalue weighted by atomic mass is 9.98. The molecule has 12 nitrogen and oxygen atoms in total. The first-order chi connectivity index (χ1) is 17.0. The molecular weight excluding hydrogens is 470 g/mol. The maximum atomic E-state index is 13.1. The predicted octanol–water partition coefficient (Wildman–Crippen LogP) is -1.00. The Bertz CT molecular complexity index is 1070. The molecule has 2 aromatic rings. The molecule has 0 spiro atoms. The molecule has 1 aromatic heterocycles. The van der Waals surface area contributed by atoms with Gasteiger partial charge >= 0.3 is 5.97 Å². The summed E-state index contributed by atoms with van der Waals surface area (Å²) in [5.74, 6) is -3.97. The third kappa shape index (κ3) is 7.26. The zero-order chi connectivity index (χ0) is 27.0. The largest absolute Gasteiger partial charge is 0.480 e. The quantitative estimate of drug-likeness (QED) is 0.169. The molecule has 1 heterocycles. The summed E-state index contributed by atoms with van der Waals surface area (Å²) >= 11 is 0. The van der Waals surface area contributed by atoms with Crippen molar-refractivity contribution in [2.75, 3.05) is 6.61 Å². The molecule has 36 heavy (non-hydrogen) atoms. The van der Waals surface area contributed by atoms with Gasteiger partial charge in [-0.15, -0.1) is 0 Å². The van der Waals surface area contributed by atoms with Crippen LogP contribution >= 0.6 is 0 Å². The number of aromatic nitrogens is 1. The number of nitrogens with two attached hydrogens (primary N) is 1. The number of carbonyl (C=O) groups excluding carboxylic acids is 3. The highest BCUT2D eigenvalue weighted by Gasteiger charge is 2.33. The number of carboxylic acid groups (broad SMARTS) is 1. The summed E-state index contributed by atoms with van der Waals surface area (Å²) < 4.78 is 0. The van der Waals surface area contributed by atoms with Crippen LogP contribution in [-0.4, -0.2) is 80.9 Å². The maximum absolute atomic E-state index is 13.1. The fourth-order valence-electron chi connectivity index (χ4n) is 3.62. The van der Waals surface area contributed by atoms with Gasteiger partial charge in [-0.05, 0) is 24.5 Å². The Hall–Kier alpha value is -3.48. The molecular formula is C24H35N5O7. The molecule has 0 bridgehead atoms. The predicted molar refractivity (Wildman–Crippen MR) is 132 cm³/mol. The van der Waals surface area contributed by atoms with E-state index in [4.69, 9.17) is 5.73 Å². The van der Waals surface area contributed by atoms with Crippen LogP contribution in [0.2, 0.25) is 0 Å². The molecule has 0 fully saturated rings. The summed E-state index contributed by atoms with van der Waals surface area (Å²) in [6.07, 6.45) is 0.935. The van der Waals surface area contributed by atoms with Gasteiger partial charge in [0.05, 0.1) is 18.8 Å². The lowest BCUT2D eigenvalue weighted by Gasteiger charge is -2.27. The second kappa shape index (κ2) is 13.0. The second-order valence-corrected chi connectivity index (χ2v) is 8.84. The fourth-order valence-corrected chi connectivity index (χ4v) is 3.62. The minimum Gasteiger partial charge on any atom is -0.480 e. The fraction of sp³-hybridized carbons (Fsp3) is 0.500. The smallest absolute Gasteiger partial charge is 0.328 e. The van der Waals surface area contributed by atoms with Gasteiger partial charge in [-0.1, -0.05) is 38.5 Å². The number of nitrogens with one attached hydrogen (secondary N) is 4. The Morgan fingerprint density at radius 3 is 2.22 bits per heavy atom. The van der Waals surface area contributed by atoms with Gasteiger partial charge in [0.25, 0.3) is 0 Å². The molecule has 2 rings (SSSR count). The van der Waals surface area contributed by atoms with E-state index in [0.717, 1.165) is 10.9 Å². The molecule has 0 saturated heterocycles. The topological polar surface area (TPSA) is 207 Å². The number of fused-ring (bicyclic) bond motifs is 1. The van der Waals surface area contributed by atoms with Gasteiger partial charge in [0.2, 0.25) is 17.7 Å². The number of hydrogen-bond acceptors (Lipinski definition) is 7. The molecule has 6 atom stereocenters. The van der Waals surface area contributed by atoms with Crippen LogP contribution in [0.1, 0.15) is 32.8 Å². The number of H-pyrrole nitrogens is 1. The van der Waals surface area contributed by atoms with Crippen LogP contribution in [0, 0.1) is 5.92 Å². The molecule has 0 aliphatic heterocycles. The van der Waals surface area contributed by atoms with E-state index < -0.39 is 60.6 Å². The maximum Gasteiger partial charge on any atom is 0.328 e. The lowest BCUT2D eigenvalue weighted by Crippen LogP contribution is -2.60. The van der Waals surface area contributed by atoms with Crippen molar-refractivity contribution in [2.45, 2.75) is 63.9 Å². The minimum absolute atomic E-state index is 0.0355. The Morgan fingerprint density at radius 1 is 1.00 bits per heavy atom. The molecule has 198 valence electrons. The molecule has 6 unspecified atom stereocenters. The summed E-state index contributed by atoms with van der Waals surface area (Å²) in [4.78, 5) is 53.0. The summed E-state index contributed by atoms with van der Waals surface area (Å²) in [7, 11) is 0. The third-order valence-corrected chi connectivity index (χ3v) is 6.15. The van der Waals surface area contributed by atoms with Crippen LogP contribution in [0.4, 0.5) is 0 Å². The normalized spacial score (nSPS) is 16.3. The zero-order valence-corrected chi connectivity index (χ0v) is 20.5. The molecule has 0 aliphatic carbocycles. The van der Waals surface area contributed by atoms with Crippen molar-refractivity contribution in [2.24, 2.45) is 11.7 Å². The Morgan fingerprint density at radius 2 is 1.64 bits per heavy atom. The highest BCUT2D eigenvalue weighted by atomic mass is 16.4. The van der Waals surface area contributed by atoms with Gasteiger partial charge in [-0.25, -0.2) is 4.79 Å². The Labute approximate surface area is 208 Å². The first-order valence-corrected chi connectivity index (χ1v) is 11.7. The molecule has 3 amide bonds. The average Bonchev–Trinajstić information content (AvgIpc) is 3.26. The number of amides is 3. The number of aromatic amines is 1. The first kappa shape index (κ1) is 28.8. The highest BCUT2D eigenvalue weighted by Crippen LogP contribution is 2.19. The molecule has 0 saturated carbocycles. The number of carbonyl (C=O) groups is 4. The second-order valence-electron chi connectivity index (χ2n) is 8.84. The number of para-hydroxylation sites is 1. The first-order valence-electron chi connectivity index (χ1n) is 11.7. The van der Waals surface area contributed by atoms with Gasteiger partial charge in [0.1, 0.15) is 18.1 Å². The number of benzene rings is 1. The number of aliphatic hydroxyl groups is 2. The summed E-state index contributed by atoms with van der Waals surface area (Å²) in [5, 5.41) is 36.6. The number of aliphatic hydroxyl groups excluding tert-OH is 2. The Balaban J connectivity index is 2.29. The van der Waals surface area contributed by atoms with Crippen molar-refractivity contribution in [1.29, 1.82) is 0 Å². The van der Waals surface area contributed by atoms with Crippen molar-refractivity contribution in [1.82, 2.24) is 20.9 Å². The van der Waals surface area contributed by atoms with Crippen LogP contribution in [0.3, 0.4) is 0 Å². The van der Waals surface area contributed by atoms with E-state index in [1.807, 2.05) is 25.1 Å². The van der Waals surface area contributed by atoms with Gasteiger partial charge in [-0.2, -0.15) is 0 Å². The van der Waals surface area contributed by atoms with Crippen molar-refractivity contribution in [3.8, 4) is 0 Å². The summed E-state index contributed by atoms with van der Waals surface area (Å²) in [6, 6.07) is 2.09. The van der Waals surface area contributed by atoms with Crippen molar-refractivity contribution in [3.05, 3.63) is 36.0 Å². The van der Waals surface area contributed by atoms with Gasteiger partial charge < -0.3 is 42.0 Å². The summed E-state index contributed by atoms with van der Waals surface area (Å²) in [6.45, 7) is 4.10. The molecule has 9 N–H and O–H groups in total. The van der Waals surface area contributed by atoms with E-state index >= 15 is 0 Å². The van der Waals surface area contributed by atoms with E-state index in [2.05, 4.69) is 20.9 Å². The van der Waals surface area contributed by atoms with Crippen LogP contribution < -0.4 is 21.7 Å². The highest BCUT2D eigenvalue weighted by molar-refractivity contribution is 5.95. The van der Waals surface area contributed by atoms with Crippen LogP contribution in [-0.2, 0) is 25.6 Å². The van der Waals surface area contributed by atoms with Crippen molar-refractivity contribution in [3.63, 3.8) is 0 Å². The number of carboxylic acids is 1. The SMILES string of the molecule is CCC(C)C(N)C(=O)NC(C(=O)NC(Cc1c[nH]c2ccccc12)C(=O)NC(CO)C(=O)O)C(C)O. The zero-order valence-electron chi connectivity index (χ0n) is 20.5. The monoisotopic (exact) mass is 505 g/mol. The lowest BCUT2D eigenvalue weighted by molar-refractivity contribution is -0.143. The molecule has 0 aliphatic rings. The van der Waals surface area contributed by atoms with Crippen LogP contribution in [0.15, 0.2) is 30.5 Å². The van der Waals surface area contributed by atoms with E-state index in [1.165, 1.54) is 6.92 Å². The van der Waals surface area contributed by atoms with Crippen LogP contribution in [0.5, 0.6) is 0 Å². The van der Waals surface area contributed by atoms with Crippen molar-refractivity contribution < 1.29 is 34.5 Å². The number of aliphatic carboxylic acids is 1. The molecule has 12 heteroatoms. The minimum atomic E-state index is -1.58. The number of rotatable bonds is 13. The van der Waals surface area contributed by atoms with Crippen molar-refractivity contribution >= 4 is 34.6 Å². The van der Waals surface area contributed by atoms with Gasteiger partial charge in [-0.3, -0.25) is 14.4 Å². The van der Waals surface area contributed by atoms with E-state index in [0.29, 0.717) is 12.0 Å². The van der Waals surface area contributed by atoms with Crippen LogP contribution in [0.25, 0.3) is 10.9 Å². The average molecular weight is 506 g/mol. The molecule has 1 aromatic carbocycles. The third-order valence-electron chi connectivity index (χ3n) is 6.15. The number of hydrogen-bond donors (Lipinski definition) is 8. The standard InChI is InChI=1S/C24H35N5O7/c1-4-12(2)19(25)22(33)29-20(13(3)31)23(34)27-17(21(32)28-18(11-30)24(35)36)9-14-10-26-16-8-6-5-7-15(14)16/h5-8,10,12-13,17-20,26,30-31H,4,9,11,25H2,1-3H3,(H,27,34)(H,28,32)(H,29,33)(H,35,36). The van der Waals surface area contributed by atoms with Gasteiger partial charge in [0.15, 0.2) is 0 Å². The van der Waals surface area contributed by atoms with Gasteiger partial charge in [0, 0.05) is 23.5 Å². The van der Waals surface area contributed by atoms with E-state index in [1.54, 1.807) is 19.2 Å². The summed E-state index contributed by atoms with van der Waals surface area (Å²) in [5.41, 5.74) is 7.40.